The van der Waals surface area contributed by atoms with Gasteiger partial charge in [-0.05, 0) is 42.3 Å². The van der Waals surface area contributed by atoms with Gasteiger partial charge in [0.1, 0.15) is 6.17 Å². The summed E-state index contributed by atoms with van der Waals surface area (Å²) in [7, 11) is 0. The molecule has 0 radical (unpaired) electrons. The van der Waals surface area contributed by atoms with Crippen molar-refractivity contribution in [1.29, 1.82) is 0 Å². The van der Waals surface area contributed by atoms with Crippen LogP contribution in [0.2, 0.25) is 0 Å². The highest BCUT2D eigenvalue weighted by molar-refractivity contribution is 5.83. The van der Waals surface area contributed by atoms with E-state index in [0.717, 1.165) is 5.69 Å². The number of rotatable bonds is 1. The summed E-state index contributed by atoms with van der Waals surface area (Å²) in [6.07, 6.45) is 0.0368. The molecule has 3 nitrogen and oxygen atoms in total. The topological polar surface area (TPSA) is 32.5 Å². The standard InChI is InChI=1S/C21H19N3/c1-21-16-11-5-7-13-18(16)23(15-9-3-2-4-10-15)20(21)24(22)19-14-8-6-12-17(19)21/h2-14,20H,22H2,1H3. The van der Waals surface area contributed by atoms with Gasteiger partial charge >= 0.3 is 0 Å². The van der Waals surface area contributed by atoms with E-state index in [2.05, 4.69) is 84.6 Å². The summed E-state index contributed by atoms with van der Waals surface area (Å²) in [4.78, 5) is 2.37. The van der Waals surface area contributed by atoms with Crippen LogP contribution >= 0.6 is 0 Å². The number of para-hydroxylation sites is 3. The Kier molecular flexibility index (Phi) is 2.62. The maximum atomic E-state index is 6.62. The van der Waals surface area contributed by atoms with Gasteiger partial charge in [-0.15, -0.1) is 0 Å². The molecule has 3 heteroatoms. The van der Waals surface area contributed by atoms with Crippen LogP contribution in [0.25, 0.3) is 0 Å². The molecule has 118 valence electrons. The number of benzene rings is 3. The van der Waals surface area contributed by atoms with Crippen LogP contribution in [-0.2, 0) is 5.41 Å². The van der Waals surface area contributed by atoms with E-state index < -0.39 is 0 Å². The minimum atomic E-state index is -0.155. The second-order valence-corrected chi connectivity index (χ2v) is 6.72. The molecule has 24 heavy (non-hydrogen) atoms. The van der Waals surface area contributed by atoms with E-state index in [1.807, 2.05) is 11.1 Å². The molecule has 0 spiro atoms. The van der Waals surface area contributed by atoms with Crippen LogP contribution < -0.4 is 15.8 Å². The van der Waals surface area contributed by atoms with Crippen LogP contribution in [0.5, 0.6) is 0 Å². The number of hydrogen-bond acceptors (Lipinski definition) is 3. The smallest absolute Gasteiger partial charge is 0.134 e. The van der Waals surface area contributed by atoms with Gasteiger partial charge in [0.2, 0.25) is 0 Å². The Bertz CT molecular complexity index is 921. The molecule has 0 aliphatic carbocycles. The number of nitrogens with two attached hydrogens (primary N) is 1. The van der Waals surface area contributed by atoms with E-state index in [1.165, 1.54) is 22.5 Å². The zero-order valence-corrected chi connectivity index (χ0v) is 13.6. The van der Waals surface area contributed by atoms with Crippen molar-refractivity contribution in [3.63, 3.8) is 0 Å². The van der Waals surface area contributed by atoms with Gasteiger partial charge in [-0.2, -0.15) is 0 Å². The highest BCUT2D eigenvalue weighted by Gasteiger charge is 2.57. The number of nitrogens with zero attached hydrogens (tertiary/aromatic N) is 2. The van der Waals surface area contributed by atoms with Gasteiger partial charge in [-0.25, -0.2) is 5.84 Å². The SMILES string of the molecule is CC12c3ccccc3N(N)C1N(c1ccccc1)c1ccccc12. The summed E-state index contributed by atoms with van der Waals surface area (Å²) in [6.45, 7) is 2.31. The van der Waals surface area contributed by atoms with Crippen molar-refractivity contribution in [2.75, 3.05) is 9.91 Å². The quantitative estimate of drug-likeness (QED) is 0.685. The molecule has 5 rings (SSSR count). The molecule has 0 aromatic heterocycles. The summed E-state index contributed by atoms with van der Waals surface area (Å²) in [6, 6.07) is 27.7. The summed E-state index contributed by atoms with van der Waals surface area (Å²) in [5.41, 5.74) is 5.99. The van der Waals surface area contributed by atoms with Crippen molar-refractivity contribution in [3.05, 3.63) is 90.0 Å². The van der Waals surface area contributed by atoms with Gasteiger partial charge in [0, 0.05) is 11.4 Å². The second kappa shape index (κ2) is 4.62. The van der Waals surface area contributed by atoms with Crippen LogP contribution in [-0.4, -0.2) is 6.17 Å². The van der Waals surface area contributed by atoms with Crippen molar-refractivity contribution in [2.24, 2.45) is 5.84 Å². The fraction of sp³-hybridized carbons (Fsp3) is 0.143. The van der Waals surface area contributed by atoms with Gasteiger partial charge in [0.25, 0.3) is 0 Å². The van der Waals surface area contributed by atoms with Crippen molar-refractivity contribution in [3.8, 4) is 0 Å². The van der Waals surface area contributed by atoms with Crippen molar-refractivity contribution < 1.29 is 0 Å². The zero-order chi connectivity index (χ0) is 16.3. The number of hydrogen-bond donors (Lipinski definition) is 1. The van der Waals surface area contributed by atoms with Gasteiger partial charge in [0.05, 0.1) is 11.1 Å². The average Bonchev–Trinajstić information content (AvgIpc) is 3.04. The predicted molar refractivity (Wildman–Crippen MR) is 98.4 cm³/mol. The number of fused-ring (bicyclic) bond motifs is 5. The van der Waals surface area contributed by atoms with E-state index in [4.69, 9.17) is 5.84 Å². The molecule has 0 bridgehead atoms. The Labute approximate surface area is 141 Å². The molecule has 3 aromatic carbocycles. The summed E-state index contributed by atoms with van der Waals surface area (Å²) >= 11 is 0. The highest BCUT2D eigenvalue weighted by Crippen LogP contribution is 2.58. The lowest BCUT2D eigenvalue weighted by molar-refractivity contribution is 0.488. The van der Waals surface area contributed by atoms with E-state index >= 15 is 0 Å². The van der Waals surface area contributed by atoms with E-state index in [0.29, 0.717) is 0 Å². The predicted octanol–water partition coefficient (Wildman–Crippen LogP) is 4.16. The lowest BCUT2D eigenvalue weighted by Crippen LogP contribution is -2.52. The van der Waals surface area contributed by atoms with Gasteiger partial charge < -0.3 is 4.90 Å². The van der Waals surface area contributed by atoms with E-state index in [-0.39, 0.29) is 11.6 Å². The monoisotopic (exact) mass is 313 g/mol. The molecule has 2 unspecified atom stereocenters. The van der Waals surface area contributed by atoms with Crippen molar-refractivity contribution in [2.45, 2.75) is 18.5 Å². The third-order valence-electron chi connectivity index (χ3n) is 5.52. The Balaban J connectivity index is 1.82. The van der Waals surface area contributed by atoms with Gasteiger partial charge in [0.15, 0.2) is 0 Å². The normalized spacial score (nSPS) is 23.8. The van der Waals surface area contributed by atoms with E-state index in [1.54, 1.807) is 0 Å². The minimum absolute atomic E-state index is 0.0368. The molecule has 0 fully saturated rings. The van der Waals surface area contributed by atoms with Crippen LogP contribution in [0.15, 0.2) is 78.9 Å². The number of hydrazine groups is 1. The van der Waals surface area contributed by atoms with E-state index in [9.17, 15) is 0 Å². The van der Waals surface area contributed by atoms with Crippen molar-refractivity contribution >= 4 is 17.1 Å². The average molecular weight is 313 g/mol. The molecule has 0 amide bonds. The fourth-order valence-corrected chi connectivity index (χ4v) is 4.48. The molecule has 2 aliphatic rings. The van der Waals surface area contributed by atoms with Crippen molar-refractivity contribution in [1.82, 2.24) is 0 Å². The lowest BCUT2D eigenvalue weighted by atomic mass is 9.77. The third-order valence-corrected chi connectivity index (χ3v) is 5.52. The van der Waals surface area contributed by atoms with Crippen LogP contribution in [0.4, 0.5) is 17.1 Å². The molecular formula is C21H19N3. The Morgan fingerprint density at radius 1 is 0.750 bits per heavy atom. The first-order chi connectivity index (χ1) is 11.7. The molecule has 3 aromatic rings. The van der Waals surface area contributed by atoms with Gasteiger partial charge in [-0.1, -0.05) is 54.6 Å². The van der Waals surface area contributed by atoms with Crippen LogP contribution in [0, 0.1) is 0 Å². The Hall–Kier alpha value is -2.78. The molecule has 2 aliphatic heterocycles. The first-order valence-corrected chi connectivity index (χ1v) is 8.30. The third kappa shape index (κ3) is 1.50. The molecular weight excluding hydrogens is 294 g/mol. The first kappa shape index (κ1) is 13.6. The summed E-state index contributed by atoms with van der Waals surface area (Å²) < 4.78 is 0. The maximum Gasteiger partial charge on any atom is 0.134 e. The minimum Gasteiger partial charge on any atom is -0.318 e. The van der Waals surface area contributed by atoms with Gasteiger partial charge in [-0.3, -0.25) is 5.01 Å². The molecule has 2 atom stereocenters. The lowest BCUT2D eigenvalue weighted by Gasteiger charge is -2.35. The highest BCUT2D eigenvalue weighted by atomic mass is 15.5. The zero-order valence-electron chi connectivity index (χ0n) is 13.6. The maximum absolute atomic E-state index is 6.62. The largest absolute Gasteiger partial charge is 0.318 e. The Morgan fingerprint density at radius 2 is 1.29 bits per heavy atom. The number of anilines is 3. The summed E-state index contributed by atoms with van der Waals surface area (Å²) in [5, 5.41) is 1.93. The Morgan fingerprint density at radius 3 is 2.00 bits per heavy atom. The van der Waals surface area contributed by atoms with Crippen LogP contribution in [0.1, 0.15) is 18.1 Å². The molecule has 0 saturated carbocycles. The molecule has 2 heterocycles. The fourth-order valence-electron chi connectivity index (χ4n) is 4.48. The first-order valence-electron chi connectivity index (χ1n) is 8.30. The molecule has 2 N–H and O–H groups in total. The van der Waals surface area contributed by atoms with Crippen LogP contribution in [0.3, 0.4) is 0 Å². The second-order valence-electron chi connectivity index (χ2n) is 6.72. The molecule has 0 saturated heterocycles. The summed E-state index contributed by atoms with van der Waals surface area (Å²) in [5.74, 6) is 6.62.